The molecule has 33 heavy (non-hydrogen) atoms. The van der Waals surface area contributed by atoms with Gasteiger partial charge in [0.1, 0.15) is 6.04 Å². The molecule has 1 aromatic heterocycles. The normalized spacial score (nSPS) is 16.2. The number of amides is 2. The van der Waals surface area contributed by atoms with Gasteiger partial charge in [-0.05, 0) is 54.0 Å². The van der Waals surface area contributed by atoms with Crippen molar-refractivity contribution in [2.24, 2.45) is 11.3 Å². The molecule has 2 amide bonds. The molecule has 1 fully saturated rings. The molecule has 0 aliphatic heterocycles. The highest BCUT2D eigenvalue weighted by Gasteiger charge is 2.28. The van der Waals surface area contributed by atoms with Crippen LogP contribution in [0.2, 0.25) is 0 Å². The molecule has 1 aromatic carbocycles. The van der Waals surface area contributed by atoms with Crippen molar-refractivity contribution in [3.8, 4) is 0 Å². The van der Waals surface area contributed by atoms with Gasteiger partial charge in [0.2, 0.25) is 11.8 Å². The van der Waals surface area contributed by atoms with E-state index in [1.807, 2.05) is 38.3 Å². The number of sulfone groups is 1. The summed E-state index contributed by atoms with van der Waals surface area (Å²) in [5.74, 6) is -0.362. The highest BCUT2D eigenvalue weighted by molar-refractivity contribution is 7.91. The van der Waals surface area contributed by atoms with Crippen molar-refractivity contribution in [3.05, 3.63) is 46.7 Å². The van der Waals surface area contributed by atoms with Crippen molar-refractivity contribution in [1.82, 2.24) is 5.32 Å². The van der Waals surface area contributed by atoms with E-state index in [1.165, 1.54) is 12.1 Å². The Hall–Kier alpha value is -2.19. The lowest BCUT2D eigenvalue weighted by Gasteiger charge is -2.24. The molecule has 0 unspecified atom stereocenters. The first-order chi connectivity index (χ1) is 15.5. The van der Waals surface area contributed by atoms with Gasteiger partial charge < -0.3 is 10.6 Å². The molecule has 1 heterocycles. The topological polar surface area (TPSA) is 92.3 Å². The highest BCUT2D eigenvalue weighted by Crippen LogP contribution is 2.25. The Morgan fingerprint density at radius 3 is 2.30 bits per heavy atom. The molecule has 8 heteroatoms. The van der Waals surface area contributed by atoms with E-state index in [-0.39, 0.29) is 33.8 Å². The summed E-state index contributed by atoms with van der Waals surface area (Å²) < 4.78 is 25.2. The van der Waals surface area contributed by atoms with E-state index in [1.54, 1.807) is 23.5 Å². The second-order valence-corrected chi connectivity index (χ2v) is 13.0. The predicted octanol–water partition coefficient (Wildman–Crippen LogP) is 4.81. The molecule has 1 saturated carbocycles. The number of benzene rings is 1. The first kappa shape index (κ1) is 25.4. The van der Waals surface area contributed by atoms with Gasteiger partial charge in [-0.25, -0.2) is 8.42 Å². The number of carbonyl (C=O) groups excluding carboxylic acids is 2. The van der Waals surface area contributed by atoms with Gasteiger partial charge in [-0.2, -0.15) is 0 Å². The van der Waals surface area contributed by atoms with Crippen molar-refractivity contribution in [2.45, 2.75) is 70.2 Å². The monoisotopic (exact) mass is 490 g/mol. The van der Waals surface area contributed by atoms with Crippen molar-refractivity contribution < 1.29 is 18.0 Å². The van der Waals surface area contributed by atoms with Crippen LogP contribution in [0, 0.1) is 11.3 Å². The third-order valence-electron chi connectivity index (χ3n) is 5.70. The van der Waals surface area contributed by atoms with Crippen LogP contribution in [0.1, 0.15) is 57.8 Å². The van der Waals surface area contributed by atoms with Crippen LogP contribution in [-0.4, -0.2) is 32.0 Å². The van der Waals surface area contributed by atoms with Gasteiger partial charge in [-0.3, -0.25) is 9.59 Å². The van der Waals surface area contributed by atoms with Gasteiger partial charge in [-0.15, -0.1) is 11.3 Å². The van der Waals surface area contributed by atoms with Gasteiger partial charge in [0, 0.05) is 22.9 Å². The summed E-state index contributed by atoms with van der Waals surface area (Å²) in [6, 6.07) is 9.41. The van der Waals surface area contributed by atoms with E-state index in [0.29, 0.717) is 12.1 Å². The van der Waals surface area contributed by atoms with E-state index < -0.39 is 15.9 Å². The van der Waals surface area contributed by atoms with Crippen molar-refractivity contribution in [2.75, 3.05) is 11.1 Å². The van der Waals surface area contributed by atoms with Gasteiger partial charge in [0.05, 0.1) is 10.6 Å². The summed E-state index contributed by atoms with van der Waals surface area (Å²) in [5.41, 5.74) is 0.148. The van der Waals surface area contributed by atoms with Crippen LogP contribution in [-0.2, 0) is 25.8 Å². The molecule has 180 valence electrons. The van der Waals surface area contributed by atoms with Crippen LogP contribution in [0.3, 0.4) is 0 Å². The molecular formula is C25H34N2O4S2. The van der Waals surface area contributed by atoms with Gasteiger partial charge >= 0.3 is 0 Å². The third kappa shape index (κ3) is 7.67. The number of thiophene rings is 1. The van der Waals surface area contributed by atoms with Crippen LogP contribution in [0.5, 0.6) is 0 Å². The summed E-state index contributed by atoms with van der Waals surface area (Å²) in [4.78, 5) is 27.1. The average molecular weight is 491 g/mol. The van der Waals surface area contributed by atoms with Crippen LogP contribution in [0.4, 0.5) is 5.69 Å². The summed E-state index contributed by atoms with van der Waals surface area (Å²) in [6.07, 6.45) is 5.40. The molecule has 2 N–H and O–H groups in total. The number of hydrogen-bond acceptors (Lipinski definition) is 5. The Morgan fingerprint density at radius 1 is 1.06 bits per heavy atom. The molecule has 2 aromatic rings. The number of hydrogen-bond donors (Lipinski definition) is 2. The van der Waals surface area contributed by atoms with Gasteiger partial charge in [0.15, 0.2) is 9.84 Å². The summed E-state index contributed by atoms with van der Waals surface area (Å²) in [7, 11) is -3.41. The first-order valence-electron chi connectivity index (χ1n) is 11.5. The lowest BCUT2D eigenvalue weighted by atomic mass is 9.88. The SMILES string of the molecule is CC(C)(C)CS(=O)(=O)c1ccc(NC(=O)[C@H](Cc2cccs2)NC(=O)C2CCCCC2)cc1. The average Bonchev–Trinajstić information content (AvgIpc) is 3.26. The van der Waals surface area contributed by atoms with E-state index >= 15 is 0 Å². The number of rotatable bonds is 8. The molecule has 0 spiro atoms. The quantitative estimate of drug-likeness (QED) is 0.555. The summed E-state index contributed by atoms with van der Waals surface area (Å²) in [6.45, 7) is 5.65. The largest absolute Gasteiger partial charge is 0.344 e. The van der Waals surface area contributed by atoms with Crippen LogP contribution < -0.4 is 10.6 Å². The van der Waals surface area contributed by atoms with Crippen LogP contribution in [0.15, 0.2) is 46.7 Å². The first-order valence-corrected chi connectivity index (χ1v) is 14.0. The highest BCUT2D eigenvalue weighted by atomic mass is 32.2. The molecule has 3 rings (SSSR count). The maximum absolute atomic E-state index is 13.1. The van der Waals surface area contributed by atoms with Crippen molar-refractivity contribution in [1.29, 1.82) is 0 Å². The second-order valence-electron chi connectivity index (χ2n) is 10.0. The molecule has 1 atom stereocenters. The fourth-order valence-electron chi connectivity index (χ4n) is 4.12. The number of carbonyl (C=O) groups is 2. The fourth-order valence-corrected chi connectivity index (χ4v) is 6.73. The molecule has 0 saturated heterocycles. The Kier molecular flexibility index (Phi) is 8.34. The molecule has 1 aliphatic carbocycles. The van der Waals surface area contributed by atoms with E-state index in [9.17, 15) is 18.0 Å². The van der Waals surface area contributed by atoms with Crippen LogP contribution in [0.25, 0.3) is 0 Å². The zero-order valence-electron chi connectivity index (χ0n) is 19.6. The standard InChI is InChI=1S/C25H34N2O4S2/c1-25(2,3)17-33(30,31)21-13-11-19(12-14-21)26-24(29)22(16-20-10-7-15-32-20)27-23(28)18-8-5-4-6-9-18/h7,10-15,18,22H,4-6,8-9,16-17H2,1-3H3,(H,26,29)(H,27,28)/t22-/m0/s1. The minimum Gasteiger partial charge on any atom is -0.344 e. The number of nitrogens with one attached hydrogen (secondary N) is 2. The smallest absolute Gasteiger partial charge is 0.247 e. The maximum atomic E-state index is 13.1. The Bertz CT molecular complexity index is 1030. The van der Waals surface area contributed by atoms with E-state index in [0.717, 1.165) is 37.0 Å². The molecule has 0 bridgehead atoms. The zero-order chi connectivity index (χ0) is 24.1. The lowest BCUT2D eigenvalue weighted by molar-refractivity contribution is -0.130. The third-order valence-corrected chi connectivity index (χ3v) is 8.83. The molecular weight excluding hydrogens is 456 g/mol. The van der Waals surface area contributed by atoms with Crippen molar-refractivity contribution in [3.63, 3.8) is 0 Å². The van der Waals surface area contributed by atoms with E-state index in [2.05, 4.69) is 10.6 Å². The van der Waals surface area contributed by atoms with Crippen molar-refractivity contribution >= 4 is 38.7 Å². The predicted molar refractivity (Wildman–Crippen MR) is 133 cm³/mol. The number of anilines is 1. The molecule has 0 radical (unpaired) electrons. The van der Waals surface area contributed by atoms with Gasteiger partial charge in [0.25, 0.3) is 0 Å². The Balaban J connectivity index is 1.69. The minimum atomic E-state index is -3.41. The van der Waals surface area contributed by atoms with Crippen LogP contribution >= 0.6 is 11.3 Å². The summed E-state index contributed by atoms with van der Waals surface area (Å²) >= 11 is 1.55. The second kappa shape index (κ2) is 10.8. The fraction of sp³-hybridized carbons (Fsp3) is 0.520. The Morgan fingerprint density at radius 2 is 1.73 bits per heavy atom. The maximum Gasteiger partial charge on any atom is 0.247 e. The van der Waals surface area contributed by atoms with Gasteiger partial charge in [-0.1, -0.05) is 46.1 Å². The summed E-state index contributed by atoms with van der Waals surface area (Å²) in [5, 5.41) is 7.76. The van der Waals surface area contributed by atoms with E-state index in [4.69, 9.17) is 0 Å². The zero-order valence-corrected chi connectivity index (χ0v) is 21.2. The Labute approximate surface area is 201 Å². The lowest BCUT2D eigenvalue weighted by Crippen LogP contribution is -2.47. The molecule has 6 nitrogen and oxygen atoms in total. The molecule has 1 aliphatic rings. The minimum absolute atomic E-state index is 0.0373.